The molecule has 0 spiro atoms. The predicted octanol–water partition coefficient (Wildman–Crippen LogP) is 5.20. The van der Waals surface area contributed by atoms with Crippen LogP contribution in [-0.4, -0.2) is 14.4 Å². The topological polar surface area (TPSA) is 30.2 Å². The number of aromatic nitrogens is 3. The molecule has 3 aromatic heterocycles. The van der Waals surface area contributed by atoms with Crippen LogP contribution in [0.25, 0.3) is 26.8 Å². The normalized spacial score (nSPS) is 11.2. The van der Waals surface area contributed by atoms with E-state index in [1.807, 2.05) is 47.9 Å². The highest BCUT2D eigenvalue weighted by atomic mass is 79.9. The van der Waals surface area contributed by atoms with E-state index in [0.29, 0.717) is 0 Å². The van der Waals surface area contributed by atoms with E-state index in [2.05, 4.69) is 34.3 Å². The maximum absolute atomic E-state index is 4.72. The summed E-state index contributed by atoms with van der Waals surface area (Å²) in [6, 6.07) is 14.3. The number of imidazole rings is 1. The number of hydrogen-bond acceptors (Lipinski definition) is 3. The largest absolute Gasteiger partial charge is 0.306 e. The fourth-order valence-electron chi connectivity index (χ4n) is 2.40. The summed E-state index contributed by atoms with van der Waals surface area (Å²) >= 11 is 5.17. The molecule has 3 nitrogen and oxygen atoms in total. The average Bonchev–Trinajstić information content (AvgIpc) is 3.11. The van der Waals surface area contributed by atoms with E-state index in [0.717, 1.165) is 37.0 Å². The van der Waals surface area contributed by atoms with Crippen molar-refractivity contribution in [2.75, 3.05) is 0 Å². The Hall–Kier alpha value is -1.98. The summed E-state index contributed by atoms with van der Waals surface area (Å²) in [6.07, 6.45) is 4.06. The second-order valence-corrected chi connectivity index (χ2v) is 6.95. The Morgan fingerprint density at radius 1 is 1.09 bits per heavy atom. The molecule has 1 aromatic carbocycles. The van der Waals surface area contributed by atoms with Crippen molar-refractivity contribution in [1.82, 2.24) is 14.4 Å². The third-order valence-corrected chi connectivity index (χ3v) is 5.19. The monoisotopic (exact) mass is 369 g/mol. The molecule has 0 saturated heterocycles. The summed E-state index contributed by atoms with van der Waals surface area (Å²) < 4.78 is 3.06. The Balaban J connectivity index is 1.83. The minimum Gasteiger partial charge on any atom is -0.306 e. The molecule has 0 N–H and O–H groups in total. The third-order valence-electron chi connectivity index (χ3n) is 3.47. The number of thiazole rings is 1. The molecule has 4 aromatic rings. The first-order valence-corrected chi connectivity index (χ1v) is 8.49. The van der Waals surface area contributed by atoms with Gasteiger partial charge in [-0.25, -0.2) is 9.97 Å². The zero-order chi connectivity index (χ0) is 15.1. The van der Waals surface area contributed by atoms with Crippen LogP contribution in [0.3, 0.4) is 0 Å². The summed E-state index contributed by atoms with van der Waals surface area (Å²) in [5, 5.41) is 1.03. The summed E-state index contributed by atoms with van der Waals surface area (Å²) in [6.45, 7) is 2.04. The molecule has 0 amide bonds. The number of rotatable bonds is 2. The molecule has 5 heteroatoms. The summed E-state index contributed by atoms with van der Waals surface area (Å²) in [4.78, 5) is 10.5. The molecule has 0 fully saturated rings. The summed E-state index contributed by atoms with van der Waals surface area (Å²) in [5.74, 6) is 0. The fraction of sp³-hybridized carbons (Fsp3) is 0.0588. The van der Waals surface area contributed by atoms with E-state index in [4.69, 9.17) is 9.97 Å². The maximum atomic E-state index is 4.72. The van der Waals surface area contributed by atoms with Crippen LogP contribution in [-0.2, 0) is 0 Å². The molecule has 0 saturated carbocycles. The first-order chi connectivity index (χ1) is 10.7. The van der Waals surface area contributed by atoms with Gasteiger partial charge in [0.05, 0.1) is 10.6 Å². The van der Waals surface area contributed by atoms with Crippen molar-refractivity contribution in [3.05, 3.63) is 65.0 Å². The average molecular weight is 370 g/mol. The van der Waals surface area contributed by atoms with Crippen molar-refractivity contribution in [1.29, 1.82) is 0 Å². The highest BCUT2D eigenvalue weighted by Crippen LogP contribution is 2.34. The lowest BCUT2D eigenvalue weighted by Crippen LogP contribution is -1.79. The first-order valence-electron chi connectivity index (χ1n) is 6.88. The summed E-state index contributed by atoms with van der Waals surface area (Å²) in [7, 11) is 0. The van der Waals surface area contributed by atoms with Gasteiger partial charge in [-0.3, -0.25) is 0 Å². The van der Waals surface area contributed by atoms with E-state index >= 15 is 0 Å². The Bertz CT molecular complexity index is 957. The van der Waals surface area contributed by atoms with Crippen LogP contribution in [0.2, 0.25) is 0 Å². The number of aryl methyl sites for hydroxylation is 1. The molecule has 0 radical (unpaired) electrons. The minimum absolute atomic E-state index is 0.929. The Kier molecular flexibility index (Phi) is 3.32. The Labute approximate surface area is 140 Å². The van der Waals surface area contributed by atoms with Crippen molar-refractivity contribution < 1.29 is 0 Å². The highest BCUT2D eigenvalue weighted by Gasteiger charge is 2.14. The number of fused-ring (bicyclic) bond motifs is 1. The Morgan fingerprint density at radius 2 is 1.91 bits per heavy atom. The molecule has 0 aliphatic heterocycles. The van der Waals surface area contributed by atoms with E-state index < -0.39 is 0 Å². The van der Waals surface area contributed by atoms with E-state index in [1.165, 1.54) is 0 Å². The number of hydrogen-bond donors (Lipinski definition) is 0. The molecule has 108 valence electrons. The lowest BCUT2D eigenvalue weighted by molar-refractivity contribution is 1.18. The zero-order valence-corrected chi connectivity index (χ0v) is 14.2. The summed E-state index contributed by atoms with van der Waals surface area (Å²) in [5.41, 5.74) is 4.06. The van der Waals surface area contributed by atoms with Crippen LogP contribution in [0.4, 0.5) is 0 Å². The first kappa shape index (κ1) is 13.7. The molecule has 4 rings (SSSR count). The van der Waals surface area contributed by atoms with Gasteiger partial charge in [-0.15, -0.1) is 11.3 Å². The predicted molar refractivity (Wildman–Crippen MR) is 94.2 cm³/mol. The molecular weight excluding hydrogens is 358 g/mol. The molecule has 0 aliphatic rings. The number of halogens is 1. The van der Waals surface area contributed by atoms with Crippen LogP contribution < -0.4 is 0 Å². The van der Waals surface area contributed by atoms with E-state index in [9.17, 15) is 0 Å². The highest BCUT2D eigenvalue weighted by molar-refractivity contribution is 9.10. The van der Waals surface area contributed by atoms with Crippen LogP contribution in [0.5, 0.6) is 0 Å². The second kappa shape index (κ2) is 5.34. The molecule has 0 aliphatic carbocycles. The SMILES string of the molecule is Cc1nc(-c2ccccc2)sc1-c1cn2ccc(Br)cc2n1. The zero-order valence-electron chi connectivity index (χ0n) is 11.8. The molecule has 0 atom stereocenters. The quantitative estimate of drug-likeness (QED) is 0.486. The lowest BCUT2D eigenvalue weighted by atomic mass is 10.2. The minimum atomic E-state index is 0.929. The molecule has 0 unspecified atom stereocenters. The van der Waals surface area contributed by atoms with Gasteiger partial charge in [-0.1, -0.05) is 46.3 Å². The van der Waals surface area contributed by atoms with E-state index in [1.54, 1.807) is 11.3 Å². The number of pyridine rings is 1. The molecule has 22 heavy (non-hydrogen) atoms. The van der Waals surface area contributed by atoms with Gasteiger partial charge in [0.1, 0.15) is 16.3 Å². The number of benzene rings is 1. The Morgan fingerprint density at radius 3 is 2.73 bits per heavy atom. The van der Waals surface area contributed by atoms with Gasteiger partial charge in [0, 0.05) is 22.4 Å². The van der Waals surface area contributed by atoms with Gasteiger partial charge >= 0.3 is 0 Å². The van der Waals surface area contributed by atoms with E-state index in [-0.39, 0.29) is 0 Å². The van der Waals surface area contributed by atoms with Gasteiger partial charge < -0.3 is 4.40 Å². The van der Waals surface area contributed by atoms with Crippen molar-refractivity contribution in [2.45, 2.75) is 6.92 Å². The van der Waals surface area contributed by atoms with Gasteiger partial charge in [-0.05, 0) is 19.1 Å². The lowest BCUT2D eigenvalue weighted by Gasteiger charge is -1.92. The standard InChI is InChI=1S/C17H12BrN3S/c1-11-16(22-17(19-11)12-5-3-2-4-6-12)14-10-21-8-7-13(18)9-15(21)20-14/h2-10H,1H3. The van der Waals surface area contributed by atoms with Crippen LogP contribution in [0.1, 0.15) is 5.69 Å². The van der Waals surface area contributed by atoms with Crippen LogP contribution >= 0.6 is 27.3 Å². The van der Waals surface area contributed by atoms with Crippen LogP contribution in [0, 0.1) is 6.92 Å². The van der Waals surface area contributed by atoms with Gasteiger partial charge in [-0.2, -0.15) is 0 Å². The van der Waals surface area contributed by atoms with Crippen molar-refractivity contribution in [3.63, 3.8) is 0 Å². The van der Waals surface area contributed by atoms with Crippen LogP contribution in [0.15, 0.2) is 59.3 Å². The third kappa shape index (κ3) is 2.36. The molecule has 0 bridgehead atoms. The van der Waals surface area contributed by atoms with Gasteiger partial charge in [0.25, 0.3) is 0 Å². The van der Waals surface area contributed by atoms with Crippen molar-refractivity contribution in [2.24, 2.45) is 0 Å². The number of nitrogens with zero attached hydrogens (tertiary/aromatic N) is 3. The maximum Gasteiger partial charge on any atom is 0.138 e. The molecule has 3 heterocycles. The van der Waals surface area contributed by atoms with Gasteiger partial charge in [0.2, 0.25) is 0 Å². The van der Waals surface area contributed by atoms with Gasteiger partial charge in [0.15, 0.2) is 0 Å². The fourth-order valence-corrected chi connectivity index (χ4v) is 3.75. The van der Waals surface area contributed by atoms with Crippen molar-refractivity contribution >= 4 is 32.9 Å². The smallest absolute Gasteiger partial charge is 0.138 e. The molecular formula is C17H12BrN3S. The van der Waals surface area contributed by atoms with Crippen molar-refractivity contribution in [3.8, 4) is 21.1 Å². The second-order valence-electron chi connectivity index (χ2n) is 5.04.